The van der Waals surface area contributed by atoms with E-state index in [9.17, 15) is 4.79 Å². The molecule has 32 heavy (non-hydrogen) atoms. The molecule has 0 radical (unpaired) electrons. The summed E-state index contributed by atoms with van der Waals surface area (Å²) in [5.41, 5.74) is 3.54. The van der Waals surface area contributed by atoms with Crippen LogP contribution in [-0.2, 0) is 16.9 Å². The number of esters is 1. The van der Waals surface area contributed by atoms with Crippen LogP contribution in [0.3, 0.4) is 0 Å². The first kappa shape index (κ1) is 19.5. The molecule has 0 N–H and O–H groups in total. The van der Waals surface area contributed by atoms with E-state index < -0.39 is 5.60 Å². The molecule has 1 saturated heterocycles. The standard InChI is InChI=1S/C26H22N2O3S/c29-24-20-5-1-2-6-21(20)26(31-24)13-15-28(16-14-26)17-18-9-11-19(12-10-18)30-25-27-22-7-3-4-8-23(22)32-25/h1-12H,13-17H2. The van der Waals surface area contributed by atoms with Crippen LogP contribution in [0.1, 0.15) is 34.3 Å². The highest BCUT2D eigenvalue weighted by atomic mass is 32.1. The van der Waals surface area contributed by atoms with E-state index in [4.69, 9.17) is 9.47 Å². The molecule has 0 saturated carbocycles. The third-order valence-corrected chi connectivity index (χ3v) is 7.31. The summed E-state index contributed by atoms with van der Waals surface area (Å²) in [6, 6.07) is 24.1. The Morgan fingerprint density at radius 3 is 2.53 bits per heavy atom. The number of benzene rings is 3. The van der Waals surface area contributed by atoms with Crippen LogP contribution in [0, 0.1) is 0 Å². The van der Waals surface area contributed by atoms with Crippen LogP contribution in [-0.4, -0.2) is 28.9 Å². The zero-order valence-corrected chi connectivity index (χ0v) is 18.3. The number of fused-ring (bicyclic) bond motifs is 3. The lowest BCUT2D eigenvalue weighted by atomic mass is 9.83. The van der Waals surface area contributed by atoms with Gasteiger partial charge in [-0.15, -0.1) is 0 Å². The number of aromatic nitrogens is 1. The van der Waals surface area contributed by atoms with E-state index in [1.54, 1.807) is 11.3 Å². The van der Waals surface area contributed by atoms with Crippen molar-refractivity contribution in [1.29, 1.82) is 0 Å². The fourth-order valence-corrected chi connectivity index (χ4v) is 5.54. The van der Waals surface area contributed by atoms with E-state index in [2.05, 4.69) is 28.1 Å². The van der Waals surface area contributed by atoms with Crippen molar-refractivity contribution in [2.45, 2.75) is 25.0 Å². The predicted octanol–water partition coefficient (Wildman–Crippen LogP) is 5.75. The molecule has 3 heterocycles. The maximum Gasteiger partial charge on any atom is 0.339 e. The fourth-order valence-electron chi connectivity index (χ4n) is 4.71. The van der Waals surface area contributed by atoms with Crippen molar-refractivity contribution >= 4 is 27.5 Å². The van der Waals surface area contributed by atoms with Gasteiger partial charge in [0.2, 0.25) is 0 Å². The van der Waals surface area contributed by atoms with Gasteiger partial charge in [-0.3, -0.25) is 4.90 Å². The van der Waals surface area contributed by atoms with E-state index in [-0.39, 0.29) is 5.97 Å². The molecule has 1 fully saturated rings. The highest BCUT2D eigenvalue weighted by Crippen LogP contribution is 2.44. The fraction of sp³-hybridized carbons (Fsp3) is 0.231. The molecule has 0 unspecified atom stereocenters. The Hall–Kier alpha value is -3.22. The lowest BCUT2D eigenvalue weighted by Crippen LogP contribution is -2.42. The van der Waals surface area contributed by atoms with E-state index in [1.807, 2.05) is 54.6 Å². The second kappa shape index (κ2) is 7.73. The number of carbonyl (C=O) groups excluding carboxylic acids is 1. The number of hydrogen-bond donors (Lipinski definition) is 0. The SMILES string of the molecule is O=C1OC2(CCN(Cc3ccc(Oc4nc5ccccc5s4)cc3)CC2)c2ccccc21. The summed E-state index contributed by atoms with van der Waals surface area (Å²) in [6.07, 6.45) is 1.66. The summed E-state index contributed by atoms with van der Waals surface area (Å²) in [5.74, 6) is 0.609. The second-order valence-corrected chi connectivity index (χ2v) is 9.39. The van der Waals surface area contributed by atoms with Gasteiger partial charge in [0.05, 0.1) is 15.8 Å². The molecule has 3 aromatic carbocycles. The van der Waals surface area contributed by atoms with Crippen molar-refractivity contribution in [3.8, 4) is 10.9 Å². The molecule has 6 rings (SSSR count). The number of carbonyl (C=O) groups is 1. The molecule has 2 aliphatic heterocycles. The van der Waals surface area contributed by atoms with E-state index in [1.165, 1.54) is 5.56 Å². The zero-order valence-electron chi connectivity index (χ0n) is 17.5. The molecule has 2 aliphatic rings. The van der Waals surface area contributed by atoms with Gasteiger partial charge >= 0.3 is 5.97 Å². The number of nitrogens with zero attached hydrogens (tertiary/aromatic N) is 2. The Labute approximate surface area is 190 Å². The Balaban J connectivity index is 1.09. The van der Waals surface area contributed by atoms with Gasteiger partial charge in [0.15, 0.2) is 0 Å². The first-order valence-electron chi connectivity index (χ1n) is 10.9. The van der Waals surface area contributed by atoms with Crippen molar-refractivity contribution in [3.05, 3.63) is 89.5 Å². The molecule has 1 aromatic heterocycles. The van der Waals surface area contributed by atoms with Gasteiger partial charge in [0.1, 0.15) is 11.4 Å². The molecule has 0 bridgehead atoms. The molecule has 4 aromatic rings. The monoisotopic (exact) mass is 442 g/mol. The van der Waals surface area contributed by atoms with Crippen molar-refractivity contribution in [2.75, 3.05) is 13.1 Å². The number of likely N-dealkylation sites (tertiary alicyclic amines) is 1. The quantitative estimate of drug-likeness (QED) is 0.377. The van der Waals surface area contributed by atoms with Crippen LogP contribution in [0.4, 0.5) is 0 Å². The van der Waals surface area contributed by atoms with Gasteiger partial charge < -0.3 is 9.47 Å². The number of ether oxygens (including phenoxy) is 2. The first-order chi connectivity index (χ1) is 15.7. The minimum absolute atomic E-state index is 0.183. The number of thiazole rings is 1. The van der Waals surface area contributed by atoms with Crippen molar-refractivity contribution in [1.82, 2.24) is 9.88 Å². The third kappa shape index (κ3) is 3.45. The van der Waals surface area contributed by atoms with Crippen molar-refractivity contribution in [3.63, 3.8) is 0 Å². The third-order valence-electron chi connectivity index (χ3n) is 6.40. The van der Waals surface area contributed by atoms with Gasteiger partial charge in [0, 0.05) is 38.0 Å². The van der Waals surface area contributed by atoms with Gasteiger partial charge in [0.25, 0.3) is 5.19 Å². The van der Waals surface area contributed by atoms with E-state index in [0.717, 1.165) is 59.6 Å². The zero-order chi connectivity index (χ0) is 21.5. The van der Waals surface area contributed by atoms with Gasteiger partial charge in [-0.1, -0.05) is 53.8 Å². The lowest BCUT2D eigenvalue weighted by Gasteiger charge is -2.38. The molecule has 160 valence electrons. The maximum absolute atomic E-state index is 12.3. The topological polar surface area (TPSA) is 51.7 Å². The van der Waals surface area contributed by atoms with E-state index in [0.29, 0.717) is 5.19 Å². The Morgan fingerprint density at radius 2 is 1.72 bits per heavy atom. The Kier molecular flexibility index (Phi) is 4.70. The number of piperidine rings is 1. The average Bonchev–Trinajstić information content (AvgIpc) is 3.35. The first-order valence-corrected chi connectivity index (χ1v) is 11.7. The Morgan fingerprint density at radius 1 is 0.969 bits per heavy atom. The van der Waals surface area contributed by atoms with Crippen molar-refractivity contribution < 1.29 is 14.3 Å². The lowest BCUT2D eigenvalue weighted by molar-refractivity contribution is -0.0440. The molecule has 1 spiro atoms. The molecule has 5 nitrogen and oxygen atoms in total. The number of para-hydroxylation sites is 1. The molecule has 0 amide bonds. The molecule has 0 atom stereocenters. The van der Waals surface area contributed by atoms with Crippen LogP contribution in [0.2, 0.25) is 0 Å². The minimum Gasteiger partial charge on any atom is -0.450 e. The average molecular weight is 443 g/mol. The summed E-state index contributed by atoms with van der Waals surface area (Å²) in [5, 5.41) is 0.659. The highest BCUT2D eigenvalue weighted by Gasteiger charge is 2.46. The van der Waals surface area contributed by atoms with Crippen LogP contribution in [0.25, 0.3) is 10.2 Å². The normalized spacial score (nSPS) is 17.4. The Bertz CT molecular complexity index is 1260. The largest absolute Gasteiger partial charge is 0.450 e. The number of rotatable bonds is 4. The van der Waals surface area contributed by atoms with Gasteiger partial charge in [-0.25, -0.2) is 9.78 Å². The van der Waals surface area contributed by atoms with Crippen molar-refractivity contribution in [2.24, 2.45) is 0 Å². The van der Waals surface area contributed by atoms with Crippen LogP contribution < -0.4 is 4.74 Å². The smallest absolute Gasteiger partial charge is 0.339 e. The number of hydrogen-bond acceptors (Lipinski definition) is 6. The predicted molar refractivity (Wildman–Crippen MR) is 124 cm³/mol. The summed E-state index contributed by atoms with van der Waals surface area (Å²) < 4.78 is 12.9. The molecular weight excluding hydrogens is 420 g/mol. The summed E-state index contributed by atoms with van der Waals surface area (Å²) in [6.45, 7) is 2.66. The van der Waals surface area contributed by atoms with Crippen LogP contribution >= 0.6 is 11.3 Å². The van der Waals surface area contributed by atoms with Gasteiger partial charge in [-0.2, -0.15) is 0 Å². The molecule has 0 aliphatic carbocycles. The molecular formula is C26H22N2O3S. The van der Waals surface area contributed by atoms with Crippen LogP contribution in [0.5, 0.6) is 10.9 Å². The highest BCUT2D eigenvalue weighted by molar-refractivity contribution is 7.20. The summed E-state index contributed by atoms with van der Waals surface area (Å²) >= 11 is 1.55. The summed E-state index contributed by atoms with van der Waals surface area (Å²) in [7, 11) is 0. The van der Waals surface area contributed by atoms with Gasteiger partial charge in [-0.05, 0) is 35.9 Å². The van der Waals surface area contributed by atoms with E-state index >= 15 is 0 Å². The maximum atomic E-state index is 12.3. The minimum atomic E-state index is -0.445. The van der Waals surface area contributed by atoms with Crippen LogP contribution in [0.15, 0.2) is 72.8 Å². The summed E-state index contributed by atoms with van der Waals surface area (Å²) in [4.78, 5) is 19.2. The molecule has 6 heteroatoms. The second-order valence-electron chi connectivity index (χ2n) is 8.40.